The molecule has 1 fully saturated rings. The van der Waals surface area contributed by atoms with Crippen LogP contribution in [0.1, 0.15) is 10.4 Å². The number of non-ortho nitro benzene ring substituents is 1. The summed E-state index contributed by atoms with van der Waals surface area (Å²) in [5, 5.41) is 10.6. The van der Waals surface area contributed by atoms with E-state index in [0.717, 1.165) is 13.1 Å². The van der Waals surface area contributed by atoms with E-state index in [9.17, 15) is 14.9 Å². The van der Waals surface area contributed by atoms with Crippen LogP contribution in [0.2, 0.25) is 0 Å². The molecule has 0 amide bonds. The van der Waals surface area contributed by atoms with E-state index in [0.29, 0.717) is 23.3 Å². The molecule has 106 valence electrons. The van der Waals surface area contributed by atoms with E-state index in [1.165, 1.54) is 24.3 Å². The second kappa shape index (κ2) is 6.62. The molecule has 20 heavy (non-hydrogen) atoms. The Morgan fingerprint density at radius 2 is 1.90 bits per heavy atom. The number of ether oxygens (including phenoxy) is 1. The zero-order valence-corrected chi connectivity index (χ0v) is 12.2. The summed E-state index contributed by atoms with van der Waals surface area (Å²) in [5.41, 5.74) is 0.377. The van der Waals surface area contributed by atoms with Crippen molar-refractivity contribution in [1.82, 2.24) is 4.90 Å². The van der Waals surface area contributed by atoms with Crippen molar-refractivity contribution in [2.75, 3.05) is 26.3 Å². The Kier molecular flexibility index (Phi) is 4.86. The Balaban J connectivity index is 2.09. The molecule has 0 aromatic heterocycles. The summed E-state index contributed by atoms with van der Waals surface area (Å²) in [6, 6.07) is 5.55. The molecule has 0 radical (unpaired) electrons. The number of nitrogens with zero attached hydrogens (tertiary/aromatic N) is 2. The smallest absolute Gasteiger partial charge is 0.269 e. The van der Waals surface area contributed by atoms with Crippen LogP contribution in [0.4, 0.5) is 5.69 Å². The third kappa shape index (κ3) is 3.64. The minimum atomic E-state index is -0.493. The minimum absolute atomic E-state index is 0.0326. The molecule has 2 rings (SSSR count). The van der Waals surface area contributed by atoms with Crippen LogP contribution in [0.25, 0.3) is 0 Å². The van der Waals surface area contributed by atoms with Gasteiger partial charge in [-0.3, -0.25) is 14.9 Å². The first-order valence-electron chi connectivity index (χ1n) is 6.06. The highest BCUT2D eigenvalue weighted by Crippen LogP contribution is 2.18. The molecule has 1 aromatic carbocycles. The van der Waals surface area contributed by atoms with Crippen LogP contribution in [0, 0.1) is 10.1 Å². The van der Waals surface area contributed by atoms with Gasteiger partial charge in [-0.1, -0.05) is 0 Å². The van der Waals surface area contributed by atoms with Gasteiger partial charge in [-0.05, 0) is 28.1 Å². The molecule has 0 atom stereocenters. The number of carbonyl (C=O) groups is 1. The minimum Gasteiger partial charge on any atom is -0.378 e. The van der Waals surface area contributed by atoms with Gasteiger partial charge in [0.05, 0.1) is 22.6 Å². The van der Waals surface area contributed by atoms with Gasteiger partial charge in [-0.2, -0.15) is 0 Å². The molecule has 0 bridgehead atoms. The maximum absolute atomic E-state index is 12.2. The molecule has 1 aromatic rings. The van der Waals surface area contributed by atoms with Crippen LogP contribution in [0.5, 0.6) is 0 Å². The number of nitro benzene ring substituents is 1. The van der Waals surface area contributed by atoms with E-state index in [2.05, 4.69) is 15.9 Å². The van der Waals surface area contributed by atoms with Gasteiger partial charge in [-0.15, -0.1) is 0 Å². The summed E-state index contributed by atoms with van der Waals surface area (Å²) in [7, 11) is 0. The molecular formula is C13H13BrN2O4. The predicted octanol–water partition coefficient (Wildman–Crippen LogP) is 2.35. The summed E-state index contributed by atoms with van der Waals surface area (Å²) in [5.74, 6) is -0.202. The van der Waals surface area contributed by atoms with Crippen molar-refractivity contribution in [3.8, 4) is 0 Å². The lowest BCUT2D eigenvalue weighted by molar-refractivity contribution is -0.384. The number of hydrogen-bond acceptors (Lipinski definition) is 5. The largest absolute Gasteiger partial charge is 0.378 e. The maximum Gasteiger partial charge on any atom is 0.269 e. The molecule has 1 saturated heterocycles. The average Bonchev–Trinajstić information content (AvgIpc) is 2.47. The third-order valence-electron chi connectivity index (χ3n) is 2.90. The third-order valence-corrected chi connectivity index (χ3v) is 3.46. The predicted molar refractivity (Wildman–Crippen MR) is 76.8 cm³/mol. The average molecular weight is 341 g/mol. The summed E-state index contributed by atoms with van der Waals surface area (Å²) < 4.78 is 5.65. The number of allylic oxidation sites excluding steroid dienone is 1. The van der Waals surface area contributed by atoms with Crippen molar-refractivity contribution in [3.63, 3.8) is 0 Å². The van der Waals surface area contributed by atoms with Crippen LogP contribution < -0.4 is 0 Å². The van der Waals surface area contributed by atoms with Gasteiger partial charge in [-0.25, -0.2) is 0 Å². The van der Waals surface area contributed by atoms with Gasteiger partial charge in [0, 0.05) is 37.0 Å². The molecular weight excluding hydrogens is 328 g/mol. The van der Waals surface area contributed by atoms with Crippen molar-refractivity contribution >= 4 is 27.4 Å². The Hall–Kier alpha value is -1.73. The molecule has 0 saturated carbocycles. The highest BCUT2D eigenvalue weighted by molar-refractivity contribution is 9.12. The van der Waals surface area contributed by atoms with Gasteiger partial charge in [0.1, 0.15) is 0 Å². The monoisotopic (exact) mass is 340 g/mol. The number of ketones is 1. The first kappa shape index (κ1) is 14.7. The summed E-state index contributed by atoms with van der Waals surface area (Å²) in [4.78, 5) is 24.2. The number of hydrogen-bond donors (Lipinski definition) is 0. The molecule has 1 aliphatic rings. The standard InChI is InChI=1S/C13H13BrN2O4/c14-12(9-15-5-7-20-8-6-15)13(17)10-1-3-11(4-2-10)16(18)19/h1-4,9H,5-8H2/b12-9-. The summed E-state index contributed by atoms with van der Waals surface area (Å²) >= 11 is 3.26. The zero-order chi connectivity index (χ0) is 14.5. The molecule has 0 aliphatic carbocycles. The molecule has 1 aliphatic heterocycles. The Morgan fingerprint density at radius 1 is 1.30 bits per heavy atom. The van der Waals surface area contributed by atoms with Crippen molar-refractivity contribution in [1.29, 1.82) is 0 Å². The number of rotatable bonds is 4. The van der Waals surface area contributed by atoms with Crippen LogP contribution in [-0.2, 0) is 4.74 Å². The SMILES string of the molecule is O=C(/C(Br)=C/N1CCOCC1)c1ccc([N+](=O)[O-])cc1. The molecule has 0 unspecified atom stereocenters. The van der Waals surface area contributed by atoms with Crippen molar-refractivity contribution in [2.24, 2.45) is 0 Å². The summed E-state index contributed by atoms with van der Waals surface area (Å²) in [6.07, 6.45) is 1.74. The molecule has 1 heterocycles. The van der Waals surface area contributed by atoms with Crippen molar-refractivity contribution in [2.45, 2.75) is 0 Å². The Bertz CT molecular complexity index is 536. The van der Waals surface area contributed by atoms with Crippen LogP contribution in [0.15, 0.2) is 34.9 Å². The highest BCUT2D eigenvalue weighted by atomic mass is 79.9. The van der Waals surface area contributed by atoms with Crippen molar-refractivity contribution < 1.29 is 14.5 Å². The lowest BCUT2D eigenvalue weighted by Crippen LogP contribution is -2.32. The van der Waals surface area contributed by atoms with Crippen molar-refractivity contribution in [3.05, 3.63) is 50.6 Å². The van der Waals surface area contributed by atoms with Crippen LogP contribution in [-0.4, -0.2) is 41.9 Å². The number of Topliss-reactive ketones (excluding diaryl/α,β-unsaturated/α-hetero) is 1. The van der Waals surface area contributed by atoms with E-state index < -0.39 is 4.92 Å². The van der Waals surface area contributed by atoms with Gasteiger partial charge >= 0.3 is 0 Å². The number of carbonyl (C=O) groups excluding carboxylic acids is 1. The lowest BCUT2D eigenvalue weighted by Gasteiger charge is -2.25. The number of halogens is 1. The van der Waals surface area contributed by atoms with Gasteiger partial charge < -0.3 is 9.64 Å². The molecule has 0 N–H and O–H groups in total. The van der Waals surface area contributed by atoms with Crippen LogP contribution >= 0.6 is 15.9 Å². The van der Waals surface area contributed by atoms with E-state index in [-0.39, 0.29) is 11.5 Å². The second-order valence-corrected chi connectivity index (χ2v) is 5.11. The normalized spacial score (nSPS) is 16.1. The second-order valence-electron chi connectivity index (χ2n) is 4.26. The fourth-order valence-corrected chi connectivity index (χ4v) is 2.32. The van der Waals surface area contributed by atoms with Gasteiger partial charge in [0.25, 0.3) is 5.69 Å². The Morgan fingerprint density at radius 3 is 2.45 bits per heavy atom. The van der Waals surface area contributed by atoms with E-state index >= 15 is 0 Å². The number of nitro groups is 1. The quantitative estimate of drug-likeness (QED) is 0.364. The lowest BCUT2D eigenvalue weighted by atomic mass is 10.1. The number of benzene rings is 1. The van der Waals surface area contributed by atoms with Gasteiger partial charge in [0.2, 0.25) is 5.78 Å². The van der Waals surface area contributed by atoms with Gasteiger partial charge in [0.15, 0.2) is 0 Å². The Labute approximate surface area is 124 Å². The van der Waals surface area contributed by atoms with E-state index in [4.69, 9.17) is 4.74 Å². The highest BCUT2D eigenvalue weighted by Gasteiger charge is 2.14. The maximum atomic E-state index is 12.2. The zero-order valence-electron chi connectivity index (χ0n) is 10.6. The topological polar surface area (TPSA) is 72.7 Å². The first-order chi connectivity index (χ1) is 9.58. The number of morpholine rings is 1. The molecule has 0 spiro atoms. The van der Waals surface area contributed by atoms with Crippen LogP contribution in [0.3, 0.4) is 0 Å². The summed E-state index contributed by atoms with van der Waals surface area (Å²) in [6.45, 7) is 2.76. The fourth-order valence-electron chi connectivity index (χ4n) is 1.80. The van der Waals surface area contributed by atoms with E-state index in [1.54, 1.807) is 6.20 Å². The first-order valence-corrected chi connectivity index (χ1v) is 6.85. The molecule has 6 nitrogen and oxygen atoms in total. The van der Waals surface area contributed by atoms with E-state index in [1.807, 2.05) is 4.90 Å². The molecule has 7 heteroatoms. The fraction of sp³-hybridized carbons (Fsp3) is 0.308.